The molecule has 5 nitrogen and oxygen atoms in total. The molecule has 1 aliphatic heterocycles. The van der Waals surface area contributed by atoms with Crippen LogP contribution in [0.1, 0.15) is 27.5 Å². The highest BCUT2D eigenvalue weighted by Crippen LogP contribution is 2.28. The molecule has 1 aromatic carbocycles. The van der Waals surface area contributed by atoms with E-state index in [1.807, 2.05) is 37.3 Å². The number of amides is 1. The van der Waals surface area contributed by atoms with E-state index in [4.69, 9.17) is 4.74 Å². The number of nitrogens with zero attached hydrogens (tertiary/aromatic N) is 2. The summed E-state index contributed by atoms with van der Waals surface area (Å²) in [7, 11) is 0. The summed E-state index contributed by atoms with van der Waals surface area (Å²) in [5, 5.41) is 0.793. The zero-order chi connectivity index (χ0) is 16.2. The molecule has 3 rings (SSSR count). The van der Waals surface area contributed by atoms with E-state index in [1.165, 1.54) is 11.3 Å². The molecule has 6 heteroatoms. The van der Waals surface area contributed by atoms with Gasteiger partial charge in [0.2, 0.25) is 0 Å². The average Bonchev–Trinajstić information content (AvgIpc) is 3.22. The minimum Gasteiger partial charge on any atom is -0.451 e. The summed E-state index contributed by atoms with van der Waals surface area (Å²) in [5.74, 6) is -0.611. The smallest absolute Gasteiger partial charge is 0.351 e. The summed E-state index contributed by atoms with van der Waals surface area (Å²) in [6.45, 7) is 3.16. The van der Waals surface area contributed by atoms with Crippen LogP contribution in [-0.4, -0.2) is 41.5 Å². The van der Waals surface area contributed by atoms with Crippen LogP contribution < -0.4 is 0 Å². The third-order valence-corrected chi connectivity index (χ3v) is 4.70. The van der Waals surface area contributed by atoms with Gasteiger partial charge in [0.15, 0.2) is 6.61 Å². The normalized spacial score (nSPS) is 14.0. The van der Waals surface area contributed by atoms with Crippen molar-refractivity contribution in [3.63, 3.8) is 0 Å². The molecule has 0 atom stereocenters. The highest BCUT2D eigenvalue weighted by atomic mass is 32.1. The third-order valence-electron chi connectivity index (χ3n) is 3.75. The van der Waals surface area contributed by atoms with Gasteiger partial charge in [-0.25, -0.2) is 9.78 Å². The van der Waals surface area contributed by atoms with Crippen LogP contribution in [0.25, 0.3) is 11.3 Å². The molecule has 2 heterocycles. The predicted octanol–water partition coefficient (Wildman–Crippen LogP) is 2.90. The fourth-order valence-electron chi connectivity index (χ4n) is 2.61. The van der Waals surface area contributed by atoms with E-state index in [9.17, 15) is 9.59 Å². The van der Waals surface area contributed by atoms with Crippen molar-refractivity contribution in [3.05, 3.63) is 40.2 Å². The number of hydrogen-bond acceptors (Lipinski definition) is 5. The first-order valence-corrected chi connectivity index (χ1v) is 8.44. The monoisotopic (exact) mass is 330 g/mol. The van der Waals surface area contributed by atoms with Crippen LogP contribution in [0.2, 0.25) is 0 Å². The zero-order valence-electron chi connectivity index (χ0n) is 12.9. The van der Waals surface area contributed by atoms with Gasteiger partial charge in [0, 0.05) is 18.7 Å². The predicted molar refractivity (Wildman–Crippen MR) is 88.4 cm³/mol. The topological polar surface area (TPSA) is 59.5 Å². The van der Waals surface area contributed by atoms with Gasteiger partial charge in [0.1, 0.15) is 4.88 Å². The molecule has 0 saturated carbocycles. The number of aromatic nitrogens is 1. The highest BCUT2D eigenvalue weighted by Gasteiger charge is 2.23. The minimum atomic E-state index is -0.484. The second kappa shape index (κ2) is 6.91. The van der Waals surface area contributed by atoms with Crippen LogP contribution in [0.4, 0.5) is 0 Å². The van der Waals surface area contributed by atoms with Crippen LogP contribution in [0.15, 0.2) is 30.3 Å². The lowest BCUT2D eigenvalue weighted by Gasteiger charge is -2.14. The molecule has 1 aliphatic rings. The second-order valence-electron chi connectivity index (χ2n) is 5.44. The molecule has 1 amide bonds. The Morgan fingerprint density at radius 1 is 1.22 bits per heavy atom. The average molecular weight is 330 g/mol. The van der Waals surface area contributed by atoms with E-state index in [2.05, 4.69) is 4.98 Å². The summed E-state index contributed by atoms with van der Waals surface area (Å²) in [6.07, 6.45) is 2.04. The van der Waals surface area contributed by atoms with E-state index in [-0.39, 0.29) is 12.5 Å². The van der Waals surface area contributed by atoms with E-state index < -0.39 is 5.97 Å². The Hall–Kier alpha value is -2.21. The summed E-state index contributed by atoms with van der Waals surface area (Å²) >= 11 is 1.29. The molecular formula is C17H18N2O3S. The van der Waals surface area contributed by atoms with E-state index >= 15 is 0 Å². The lowest BCUT2D eigenvalue weighted by molar-refractivity contribution is -0.133. The number of ether oxygens (including phenoxy) is 1. The Bertz CT molecular complexity index is 706. The highest BCUT2D eigenvalue weighted by molar-refractivity contribution is 7.14. The molecule has 0 aliphatic carbocycles. The molecule has 0 unspecified atom stereocenters. The van der Waals surface area contributed by atoms with Crippen LogP contribution in [0, 0.1) is 6.92 Å². The van der Waals surface area contributed by atoms with Crippen molar-refractivity contribution in [3.8, 4) is 11.3 Å². The van der Waals surface area contributed by atoms with Crippen molar-refractivity contribution >= 4 is 23.2 Å². The number of rotatable bonds is 4. The Morgan fingerprint density at radius 2 is 1.91 bits per heavy atom. The number of hydrogen-bond donors (Lipinski definition) is 0. The fourth-order valence-corrected chi connectivity index (χ4v) is 3.44. The maximum atomic E-state index is 12.3. The second-order valence-corrected chi connectivity index (χ2v) is 6.64. The standard InChI is InChI=1S/C17H18N2O3S/c1-12-18-15(13-7-3-2-4-8-13)16(23-12)17(21)22-11-14(20)19-9-5-6-10-19/h2-4,7-8H,5-6,9-11H2,1H3. The van der Waals surface area contributed by atoms with Crippen molar-refractivity contribution in [2.24, 2.45) is 0 Å². The third kappa shape index (κ3) is 3.59. The van der Waals surface area contributed by atoms with Gasteiger partial charge in [-0.2, -0.15) is 0 Å². The molecule has 120 valence electrons. The number of benzene rings is 1. The number of thiazole rings is 1. The summed E-state index contributed by atoms with van der Waals surface area (Å²) in [4.78, 5) is 30.9. The number of esters is 1. The molecule has 0 spiro atoms. The maximum Gasteiger partial charge on any atom is 0.351 e. The molecule has 1 aromatic heterocycles. The van der Waals surface area contributed by atoms with Gasteiger partial charge in [-0.1, -0.05) is 30.3 Å². The van der Waals surface area contributed by atoms with Gasteiger partial charge in [0.25, 0.3) is 5.91 Å². The first-order valence-electron chi connectivity index (χ1n) is 7.63. The summed E-state index contributed by atoms with van der Waals surface area (Å²) in [6, 6.07) is 9.52. The number of carbonyl (C=O) groups excluding carboxylic acids is 2. The first kappa shape index (κ1) is 15.7. The van der Waals surface area contributed by atoms with Crippen molar-refractivity contribution in [2.45, 2.75) is 19.8 Å². The maximum absolute atomic E-state index is 12.3. The lowest BCUT2D eigenvalue weighted by Crippen LogP contribution is -2.32. The molecule has 1 saturated heterocycles. The zero-order valence-corrected chi connectivity index (χ0v) is 13.8. The lowest BCUT2D eigenvalue weighted by atomic mass is 10.1. The number of likely N-dealkylation sites (tertiary alicyclic amines) is 1. The van der Waals surface area contributed by atoms with Crippen LogP contribution in [-0.2, 0) is 9.53 Å². The summed E-state index contributed by atoms with van der Waals surface area (Å²) in [5.41, 5.74) is 1.49. The van der Waals surface area contributed by atoms with Crippen molar-refractivity contribution < 1.29 is 14.3 Å². The SMILES string of the molecule is Cc1nc(-c2ccccc2)c(C(=O)OCC(=O)N2CCCC2)s1. The van der Waals surface area contributed by atoms with Crippen LogP contribution in [0.3, 0.4) is 0 Å². The Labute approximate surface area is 138 Å². The molecule has 0 bridgehead atoms. The van der Waals surface area contributed by atoms with E-state index in [0.29, 0.717) is 10.6 Å². The number of carbonyl (C=O) groups is 2. The van der Waals surface area contributed by atoms with Crippen molar-refractivity contribution in [2.75, 3.05) is 19.7 Å². The Kier molecular flexibility index (Phi) is 4.71. The quantitative estimate of drug-likeness (QED) is 0.809. The van der Waals surface area contributed by atoms with Crippen molar-refractivity contribution in [1.82, 2.24) is 9.88 Å². The van der Waals surface area contributed by atoms with Crippen molar-refractivity contribution in [1.29, 1.82) is 0 Å². The Balaban J connectivity index is 1.71. The summed E-state index contributed by atoms with van der Waals surface area (Å²) < 4.78 is 5.22. The van der Waals surface area contributed by atoms with E-state index in [1.54, 1.807) is 4.90 Å². The minimum absolute atomic E-state index is 0.127. The van der Waals surface area contributed by atoms with Crippen LogP contribution in [0.5, 0.6) is 0 Å². The number of aryl methyl sites for hydroxylation is 1. The molecule has 2 aromatic rings. The largest absolute Gasteiger partial charge is 0.451 e. The fraction of sp³-hybridized carbons (Fsp3) is 0.353. The van der Waals surface area contributed by atoms with E-state index in [0.717, 1.165) is 36.5 Å². The molecular weight excluding hydrogens is 312 g/mol. The van der Waals surface area contributed by atoms with Gasteiger partial charge in [-0.3, -0.25) is 4.79 Å². The van der Waals surface area contributed by atoms with Crippen LogP contribution >= 0.6 is 11.3 Å². The molecule has 0 N–H and O–H groups in total. The molecule has 0 radical (unpaired) electrons. The van der Waals surface area contributed by atoms with Gasteiger partial charge in [-0.15, -0.1) is 11.3 Å². The molecule has 1 fully saturated rings. The Morgan fingerprint density at radius 3 is 2.61 bits per heavy atom. The van der Waals surface area contributed by atoms with Gasteiger partial charge in [0.05, 0.1) is 10.7 Å². The first-order chi connectivity index (χ1) is 11.1. The van der Waals surface area contributed by atoms with Gasteiger partial charge >= 0.3 is 5.97 Å². The van der Waals surface area contributed by atoms with Gasteiger partial charge < -0.3 is 9.64 Å². The molecule has 23 heavy (non-hydrogen) atoms. The van der Waals surface area contributed by atoms with Gasteiger partial charge in [-0.05, 0) is 19.8 Å².